The molecule has 1 aromatic heterocycles. The third-order valence-electron chi connectivity index (χ3n) is 3.33. The van der Waals surface area contributed by atoms with Crippen LogP contribution in [0.3, 0.4) is 0 Å². The SMILES string of the molecule is CCOC(=O)c1ncn(-c2ccc([N+](=O)[O-])cc2C(=O)OC)c1C. The van der Waals surface area contributed by atoms with Crippen LogP contribution in [0, 0.1) is 17.0 Å². The maximum absolute atomic E-state index is 12.0. The Morgan fingerprint density at radius 1 is 1.33 bits per heavy atom. The van der Waals surface area contributed by atoms with E-state index in [0.717, 1.165) is 6.07 Å². The largest absolute Gasteiger partial charge is 0.465 e. The summed E-state index contributed by atoms with van der Waals surface area (Å²) >= 11 is 0. The number of aromatic nitrogens is 2. The van der Waals surface area contributed by atoms with E-state index in [2.05, 4.69) is 9.72 Å². The van der Waals surface area contributed by atoms with Crippen LogP contribution in [0.5, 0.6) is 0 Å². The van der Waals surface area contributed by atoms with E-state index < -0.39 is 16.9 Å². The van der Waals surface area contributed by atoms with Crippen molar-refractivity contribution < 1.29 is 24.0 Å². The third kappa shape index (κ3) is 3.09. The molecule has 0 aliphatic carbocycles. The molecule has 0 bridgehead atoms. The molecule has 9 heteroatoms. The highest BCUT2D eigenvalue weighted by molar-refractivity contribution is 5.94. The molecule has 0 radical (unpaired) electrons. The molecule has 0 saturated carbocycles. The molecule has 0 spiro atoms. The molecule has 2 rings (SSSR count). The Labute approximate surface area is 137 Å². The van der Waals surface area contributed by atoms with Crippen LogP contribution in [0.1, 0.15) is 33.5 Å². The van der Waals surface area contributed by atoms with Crippen molar-refractivity contribution in [2.45, 2.75) is 13.8 Å². The van der Waals surface area contributed by atoms with Gasteiger partial charge in [-0.25, -0.2) is 14.6 Å². The number of hydrogen-bond donors (Lipinski definition) is 0. The van der Waals surface area contributed by atoms with Crippen LogP contribution in [0.15, 0.2) is 24.5 Å². The molecule has 0 atom stereocenters. The Hall–Kier alpha value is -3.23. The number of nitro groups is 1. The van der Waals surface area contributed by atoms with Crippen molar-refractivity contribution >= 4 is 17.6 Å². The summed E-state index contributed by atoms with van der Waals surface area (Å²) in [7, 11) is 1.18. The fourth-order valence-electron chi connectivity index (χ4n) is 2.17. The van der Waals surface area contributed by atoms with Crippen molar-refractivity contribution in [3.63, 3.8) is 0 Å². The fourth-order valence-corrected chi connectivity index (χ4v) is 2.17. The Balaban J connectivity index is 2.58. The second-order valence-corrected chi connectivity index (χ2v) is 4.72. The molecule has 126 valence electrons. The predicted octanol–water partition coefficient (Wildman–Crippen LogP) is 2.05. The summed E-state index contributed by atoms with van der Waals surface area (Å²) < 4.78 is 11.1. The summed E-state index contributed by atoms with van der Waals surface area (Å²) in [5.74, 6) is -1.32. The van der Waals surface area contributed by atoms with Gasteiger partial charge in [0.2, 0.25) is 0 Å². The first kappa shape index (κ1) is 17.1. The lowest BCUT2D eigenvalue weighted by Gasteiger charge is -2.10. The maximum Gasteiger partial charge on any atom is 0.358 e. The van der Waals surface area contributed by atoms with Crippen molar-refractivity contribution in [2.24, 2.45) is 0 Å². The molecule has 2 aromatic rings. The first-order valence-corrected chi connectivity index (χ1v) is 6.98. The van der Waals surface area contributed by atoms with Gasteiger partial charge in [-0.3, -0.25) is 10.1 Å². The van der Waals surface area contributed by atoms with Crippen LogP contribution in [0.25, 0.3) is 5.69 Å². The quantitative estimate of drug-likeness (QED) is 0.467. The zero-order valence-electron chi connectivity index (χ0n) is 13.3. The van der Waals surface area contributed by atoms with Crippen LogP contribution in [0.4, 0.5) is 5.69 Å². The Kier molecular flexibility index (Phi) is 4.93. The molecule has 0 unspecified atom stereocenters. The van der Waals surface area contributed by atoms with Crippen LogP contribution in [-0.2, 0) is 9.47 Å². The fraction of sp³-hybridized carbons (Fsp3) is 0.267. The molecule has 1 heterocycles. The topological polar surface area (TPSA) is 114 Å². The van der Waals surface area contributed by atoms with Gasteiger partial charge in [0, 0.05) is 12.1 Å². The number of carbonyl (C=O) groups is 2. The van der Waals surface area contributed by atoms with Gasteiger partial charge in [-0.05, 0) is 19.9 Å². The highest BCUT2D eigenvalue weighted by atomic mass is 16.6. The van der Waals surface area contributed by atoms with Crippen LogP contribution in [-0.4, -0.2) is 40.1 Å². The molecule has 0 aliphatic heterocycles. The summed E-state index contributed by atoms with van der Waals surface area (Å²) in [6.07, 6.45) is 1.34. The zero-order chi connectivity index (χ0) is 17.9. The van der Waals surface area contributed by atoms with Gasteiger partial charge in [0.1, 0.15) is 6.33 Å². The predicted molar refractivity (Wildman–Crippen MR) is 82.3 cm³/mol. The van der Waals surface area contributed by atoms with Crippen molar-refractivity contribution in [3.05, 3.63) is 51.6 Å². The number of hydrogen-bond acceptors (Lipinski definition) is 7. The summed E-state index contributed by atoms with van der Waals surface area (Å²) in [4.78, 5) is 38.1. The minimum absolute atomic E-state index is 0.0115. The van der Waals surface area contributed by atoms with Crippen molar-refractivity contribution in [1.29, 1.82) is 0 Å². The molecule has 24 heavy (non-hydrogen) atoms. The number of benzene rings is 1. The molecular weight excluding hydrogens is 318 g/mol. The number of rotatable bonds is 5. The summed E-state index contributed by atoms with van der Waals surface area (Å²) in [5.41, 5.74) is 0.594. The van der Waals surface area contributed by atoms with E-state index in [1.807, 2.05) is 0 Å². The van der Waals surface area contributed by atoms with Gasteiger partial charge in [0.25, 0.3) is 5.69 Å². The van der Waals surface area contributed by atoms with E-state index in [0.29, 0.717) is 11.4 Å². The maximum atomic E-state index is 12.0. The zero-order valence-corrected chi connectivity index (χ0v) is 13.3. The number of imidazole rings is 1. The second-order valence-electron chi connectivity index (χ2n) is 4.72. The first-order chi connectivity index (χ1) is 11.4. The molecular formula is C15H15N3O6. The lowest BCUT2D eigenvalue weighted by atomic mass is 10.1. The van der Waals surface area contributed by atoms with Crippen molar-refractivity contribution in [1.82, 2.24) is 9.55 Å². The van der Waals surface area contributed by atoms with Gasteiger partial charge in [0.05, 0.1) is 35.6 Å². The highest BCUT2D eigenvalue weighted by Crippen LogP contribution is 2.24. The van der Waals surface area contributed by atoms with Crippen LogP contribution in [0.2, 0.25) is 0 Å². The number of nitrogens with zero attached hydrogens (tertiary/aromatic N) is 3. The van der Waals surface area contributed by atoms with Gasteiger partial charge in [0.15, 0.2) is 5.69 Å². The van der Waals surface area contributed by atoms with E-state index >= 15 is 0 Å². The summed E-state index contributed by atoms with van der Waals surface area (Å²) in [5, 5.41) is 10.9. The molecule has 1 aromatic carbocycles. The summed E-state index contributed by atoms with van der Waals surface area (Å²) in [6.45, 7) is 3.51. The number of esters is 2. The number of methoxy groups -OCH3 is 1. The van der Waals surface area contributed by atoms with E-state index in [-0.39, 0.29) is 23.6 Å². The Morgan fingerprint density at radius 2 is 2.04 bits per heavy atom. The minimum atomic E-state index is -0.737. The number of carbonyl (C=O) groups excluding carboxylic acids is 2. The summed E-state index contributed by atoms with van der Waals surface area (Å²) in [6, 6.07) is 3.77. The lowest BCUT2D eigenvalue weighted by molar-refractivity contribution is -0.384. The van der Waals surface area contributed by atoms with Crippen molar-refractivity contribution in [2.75, 3.05) is 13.7 Å². The first-order valence-electron chi connectivity index (χ1n) is 6.98. The normalized spacial score (nSPS) is 10.3. The Morgan fingerprint density at radius 3 is 2.62 bits per heavy atom. The standard InChI is InChI=1S/C15H15N3O6/c1-4-24-15(20)13-9(2)17(8-16-13)12-6-5-10(18(21)22)7-11(12)14(19)23-3/h5-8H,4H2,1-3H3. The van der Waals surface area contributed by atoms with Gasteiger partial charge < -0.3 is 14.0 Å². The van der Waals surface area contributed by atoms with Gasteiger partial charge in [-0.2, -0.15) is 0 Å². The molecule has 0 amide bonds. The lowest BCUT2D eigenvalue weighted by Crippen LogP contribution is -2.11. The average molecular weight is 333 g/mol. The van der Waals surface area contributed by atoms with Crippen LogP contribution < -0.4 is 0 Å². The highest BCUT2D eigenvalue weighted by Gasteiger charge is 2.22. The molecule has 9 nitrogen and oxygen atoms in total. The molecule has 0 fully saturated rings. The number of non-ortho nitro benzene ring substituents is 1. The van der Waals surface area contributed by atoms with Crippen LogP contribution >= 0.6 is 0 Å². The molecule has 0 saturated heterocycles. The monoisotopic (exact) mass is 333 g/mol. The second kappa shape index (κ2) is 6.90. The average Bonchev–Trinajstić information content (AvgIpc) is 2.95. The van der Waals surface area contributed by atoms with Crippen molar-refractivity contribution in [3.8, 4) is 5.69 Å². The molecule has 0 N–H and O–H groups in total. The Bertz CT molecular complexity index is 812. The van der Waals surface area contributed by atoms with E-state index in [1.54, 1.807) is 13.8 Å². The number of nitro benzene ring substituents is 1. The molecule has 0 aliphatic rings. The van der Waals surface area contributed by atoms with Gasteiger partial charge >= 0.3 is 11.9 Å². The smallest absolute Gasteiger partial charge is 0.358 e. The number of ether oxygens (including phenoxy) is 2. The van der Waals surface area contributed by atoms with Gasteiger partial charge in [-0.1, -0.05) is 0 Å². The third-order valence-corrected chi connectivity index (χ3v) is 3.33. The van der Waals surface area contributed by atoms with E-state index in [9.17, 15) is 19.7 Å². The van der Waals surface area contributed by atoms with Gasteiger partial charge in [-0.15, -0.1) is 0 Å². The van der Waals surface area contributed by atoms with E-state index in [1.165, 1.54) is 30.1 Å². The minimum Gasteiger partial charge on any atom is -0.465 e. The van der Waals surface area contributed by atoms with E-state index in [4.69, 9.17) is 4.74 Å².